The van der Waals surface area contributed by atoms with Crippen LogP contribution in [0.2, 0.25) is 0 Å². The summed E-state index contributed by atoms with van der Waals surface area (Å²) in [6.07, 6.45) is 25.1. The van der Waals surface area contributed by atoms with Crippen LogP contribution in [-0.2, 0) is 31.5 Å². The average molecular weight is 809 g/mol. The monoisotopic (exact) mass is 809 g/mol. The van der Waals surface area contributed by atoms with Crippen LogP contribution < -0.4 is 10.6 Å². The van der Waals surface area contributed by atoms with Gasteiger partial charge in [0.2, 0.25) is 0 Å². The Bertz CT molecular complexity index is 2060. The molecule has 2 aliphatic heterocycles. The summed E-state index contributed by atoms with van der Waals surface area (Å²) >= 11 is 0. The van der Waals surface area contributed by atoms with Crippen molar-refractivity contribution >= 4 is 0 Å². The molecule has 2 saturated carbocycles. The first kappa shape index (κ1) is 40.6. The van der Waals surface area contributed by atoms with E-state index in [4.69, 9.17) is 24.2 Å². The quantitative estimate of drug-likeness (QED) is 0.139. The van der Waals surface area contributed by atoms with Crippen LogP contribution in [0.3, 0.4) is 0 Å². The van der Waals surface area contributed by atoms with Crippen molar-refractivity contribution in [2.45, 2.75) is 163 Å². The van der Waals surface area contributed by atoms with Gasteiger partial charge in [-0.2, -0.15) is 0 Å². The zero-order valence-electron chi connectivity index (χ0n) is 36.2. The summed E-state index contributed by atoms with van der Waals surface area (Å²) in [7, 11) is 0. The van der Waals surface area contributed by atoms with Gasteiger partial charge < -0.3 is 24.8 Å². The lowest BCUT2D eigenvalue weighted by atomic mass is 9.67. The Morgan fingerprint density at radius 3 is 1.90 bits per heavy atom. The number of nitrogens with zero attached hydrogens (tertiary/aromatic N) is 2. The SMILES string of the molecule is CCO[C@H]1CC[C@H](NCC[C@@]2(c3ccc(-c4cccc5c4CC[C@@H]5NCC[C@@]4(c5ccccn5)CCOC5(CCCC5)C4)cn3)CCOC3(CCCC3)C2)c2ccccc21. The minimum atomic E-state index is -0.00168. The first-order valence-electron chi connectivity index (χ1n) is 24.0. The van der Waals surface area contributed by atoms with Gasteiger partial charge in [-0.05, 0) is 156 Å². The van der Waals surface area contributed by atoms with E-state index in [2.05, 4.69) is 96.6 Å². The van der Waals surface area contributed by atoms with E-state index in [-0.39, 0.29) is 28.1 Å². The highest BCUT2D eigenvalue weighted by Gasteiger charge is 2.50. The summed E-state index contributed by atoms with van der Waals surface area (Å²) in [5, 5.41) is 8.11. The van der Waals surface area contributed by atoms with Crippen molar-refractivity contribution in [2.24, 2.45) is 0 Å². The van der Waals surface area contributed by atoms with Crippen molar-refractivity contribution in [2.75, 3.05) is 32.9 Å². The predicted octanol–water partition coefficient (Wildman–Crippen LogP) is 11.1. The Balaban J connectivity index is 0.846. The van der Waals surface area contributed by atoms with Gasteiger partial charge in [-0.3, -0.25) is 9.97 Å². The molecule has 0 bridgehead atoms. The standard InChI is InChI=1S/C53H68N4O3/c1-2-58-47-21-20-46(43-12-3-4-13-44(43)47)55-33-28-51(30-35-60-53(38-51)25-8-9-26-53)49-22-17-39(36-57-49)40-14-11-15-42-41(40)18-19-45(42)54-32-27-50(48-16-5-10-31-56-48)29-34-59-52(37-50)23-6-7-24-52/h3-5,10-17,22,31,36,45-47,54-55H,2,6-9,18-21,23-30,32-35,37-38H2,1H3/t45-,46-,47-,50+,51+/m0/s1. The van der Waals surface area contributed by atoms with Crippen LogP contribution in [0, 0.1) is 0 Å². The minimum Gasteiger partial charge on any atom is -0.375 e. The van der Waals surface area contributed by atoms with E-state index >= 15 is 0 Å². The smallest absolute Gasteiger partial charge is 0.0828 e. The largest absolute Gasteiger partial charge is 0.375 e. The van der Waals surface area contributed by atoms with Gasteiger partial charge in [0, 0.05) is 72.1 Å². The lowest BCUT2D eigenvalue weighted by molar-refractivity contribution is -0.104. The second-order valence-electron chi connectivity index (χ2n) is 19.6. The molecule has 5 atom stereocenters. The van der Waals surface area contributed by atoms with Crippen LogP contribution in [-0.4, -0.2) is 54.1 Å². The molecule has 2 aromatic heterocycles. The third kappa shape index (κ3) is 7.92. The van der Waals surface area contributed by atoms with Gasteiger partial charge in [0.1, 0.15) is 0 Å². The van der Waals surface area contributed by atoms with E-state index in [0.717, 1.165) is 97.1 Å². The molecular weight excluding hydrogens is 741 g/mol. The Kier molecular flexibility index (Phi) is 11.8. The van der Waals surface area contributed by atoms with Crippen LogP contribution in [0.5, 0.6) is 0 Å². The fourth-order valence-electron chi connectivity index (χ4n) is 13.2. The maximum atomic E-state index is 6.67. The van der Waals surface area contributed by atoms with Gasteiger partial charge >= 0.3 is 0 Å². The summed E-state index contributed by atoms with van der Waals surface area (Å²) in [5.74, 6) is 0. The molecule has 4 aliphatic carbocycles. The molecule has 60 heavy (non-hydrogen) atoms. The molecule has 7 nitrogen and oxygen atoms in total. The van der Waals surface area contributed by atoms with E-state index in [1.54, 1.807) is 0 Å². The van der Waals surface area contributed by atoms with Crippen LogP contribution in [0.25, 0.3) is 11.1 Å². The average Bonchev–Trinajstić information content (AvgIpc) is 4.05. The van der Waals surface area contributed by atoms with Crippen molar-refractivity contribution in [3.63, 3.8) is 0 Å². The van der Waals surface area contributed by atoms with Crippen molar-refractivity contribution in [3.05, 3.63) is 119 Å². The van der Waals surface area contributed by atoms with E-state index in [9.17, 15) is 0 Å². The van der Waals surface area contributed by atoms with Crippen molar-refractivity contribution in [1.29, 1.82) is 0 Å². The summed E-state index contributed by atoms with van der Waals surface area (Å²) < 4.78 is 19.4. The molecule has 4 fully saturated rings. The van der Waals surface area contributed by atoms with Gasteiger partial charge in [0.25, 0.3) is 0 Å². The third-order valence-corrected chi connectivity index (χ3v) is 16.2. The number of rotatable bonds is 13. The Morgan fingerprint density at radius 2 is 1.27 bits per heavy atom. The highest BCUT2D eigenvalue weighted by atomic mass is 16.5. The first-order valence-corrected chi connectivity index (χ1v) is 24.0. The van der Waals surface area contributed by atoms with E-state index < -0.39 is 0 Å². The molecule has 2 saturated heterocycles. The summed E-state index contributed by atoms with van der Waals surface area (Å²) in [6, 6.07) is 27.9. The summed E-state index contributed by atoms with van der Waals surface area (Å²) in [6.45, 7) is 6.49. The molecule has 2 N–H and O–H groups in total. The van der Waals surface area contributed by atoms with E-state index in [1.165, 1.54) is 96.1 Å². The van der Waals surface area contributed by atoms with Crippen molar-refractivity contribution in [1.82, 2.24) is 20.6 Å². The molecule has 4 heterocycles. The number of nitrogens with one attached hydrogen (secondary N) is 2. The molecule has 0 radical (unpaired) electrons. The number of fused-ring (bicyclic) bond motifs is 2. The number of pyridine rings is 2. The van der Waals surface area contributed by atoms with Crippen molar-refractivity contribution < 1.29 is 14.2 Å². The van der Waals surface area contributed by atoms with Gasteiger partial charge in [0.15, 0.2) is 0 Å². The number of hydrogen-bond acceptors (Lipinski definition) is 7. The Morgan fingerprint density at radius 1 is 0.633 bits per heavy atom. The molecule has 7 heteroatoms. The molecule has 2 aromatic carbocycles. The Hall–Kier alpha value is -3.46. The lowest BCUT2D eigenvalue weighted by Crippen LogP contribution is -2.47. The molecule has 0 unspecified atom stereocenters. The molecule has 6 aliphatic rings. The first-order chi connectivity index (χ1) is 29.5. The maximum Gasteiger partial charge on any atom is 0.0828 e. The van der Waals surface area contributed by atoms with Crippen LogP contribution in [0.15, 0.2) is 85.2 Å². The van der Waals surface area contributed by atoms with Gasteiger partial charge in [-0.15, -0.1) is 0 Å². The van der Waals surface area contributed by atoms with E-state index in [1.807, 2.05) is 6.20 Å². The minimum absolute atomic E-state index is 0.00168. The second kappa shape index (κ2) is 17.4. The molecule has 4 aromatic rings. The van der Waals surface area contributed by atoms with Crippen LogP contribution >= 0.6 is 0 Å². The molecule has 318 valence electrons. The maximum absolute atomic E-state index is 6.67. The zero-order valence-corrected chi connectivity index (χ0v) is 36.2. The highest BCUT2D eigenvalue weighted by Crippen LogP contribution is 2.52. The molecule has 2 spiro atoms. The van der Waals surface area contributed by atoms with Gasteiger partial charge in [0.05, 0.1) is 17.3 Å². The second-order valence-corrected chi connectivity index (χ2v) is 19.6. The lowest BCUT2D eigenvalue weighted by Gasteiger charge is -2.46. The van der Waals surface area contributed by atoms with Crippen molar-refractivity contribution in [3.8, 4) is 11.1 Å². The molecule has 0 amide bonds. The number of aromatic nitrogens is 2. The van der Waals surface area contributed by atoms with E-state index in [0.29, 0.717) is 12.1 Å². The molecule has 10 rings (SSSR count). The fraction of sp³-hybridized carbons (Fsp3) is 0.585. The number of hydrogen-bond donors (Lipinski definition) is 2. The highest BCUT2D eigenvalue weighted by molar-refractivity contribution is 5.69. The number of ether oxygens (including phenoxy) is 3. The Labute approximate surface area is 359 Å². The topological polar surface area (TPSA) is 77.5 Å². The van der Waals surface area contributed by atoms with Gasteiger partial charge in [-0.25, -0.2) is 0 Å². The fourth-order valence-corrected chi connectivity index (χ4v) is 13.2. The van der Waals surface area contributed by atoms with Gasteiger partial charge in [-0.1, -0.05) is 80.3 Å². The normalized spacial score (nSPS) is 29.2. The predicted molar refractivity (Wildman–Crippen MR) is 239 cm³/mol. The number of benzene rings is 2. The van der Waals surface area contributed by atoms with Crippen LogP contribution in [0.4, 0.5) is 0 Å². The summed E-state index contributed by atoms with van der Waals surface area (Å²) in [4.78, 5) is 10.4. The van der Waals surface area contributed by atoms with Crippen LogP contribution in [0.1, 0.15) is 168 Å². The third-order valence-electron chi connectivity index (χ3n) is 16.2. The zero-order chi connectivity index (χ0) is 40.5. The summed E-state index contributed by atoms with van der Waals surface area (Å²) in [5.41, 5.74) is 11.0. The molecular formula is C53H68N4O3.